The Morgan fingerprint density at radius 3 is 2.50 bits per heavy atom. The number of carbonyl (C=O) groups is 2. The van der Waals surface area contributed by atoms with Gasteiger partial charge in [-0.1, -0.05) is 42.5 Å². The number of hydrogen-bond donors (Lipinski definition) is 3. The van der Waals surface area contributed by atoms with Gasteiger partial charge in [-0.05, 0) is 17.7 Å². The highest BCUT2D eigenvalue weighted by Gasteiger charge is 2.17. The average molecular weight is 322 g/mol. The summed E-state index contributed by atoms with van der Waals surface area (Å²) >= 11 is 0. The molecule has 0 aliphatic rings. The third kappa shape index (κ3) is 3.78. The maximum Gasteiger partial charge on any atom is 0.229 e. The summed E-state index contributed by atoms with van der Waals surface area (Å²) < 4.78 is 0. The van der Waals surface area contributed by atoms with Crippen LogP contribution < -0.4 is 10.6 Å². The lowest BCUT2D eigenvalue weighted by Gasteiger charge is -2.17. The molecule has 2 aromatic carbocycles. The smallest absolute Gasteiger partial charge is 0.229 e. The number of nitrogens with zero attached hydrogens (tertiary/aromatic N) is 1. The van der Waals surface area contributed by atoms with Crippen LogP contribution in [0.15, 0.2) is 54.6 Å². The van der Waals surface area contributed by atoms with Gasteiger partial charge in [-0.25, -0.2) is 4.98 Å². The van der Waals surface area contributed by atoms with Crippen LogP contribution in [0.2, 0.25) is 0 Å². The molecule has 122 valence electrons. The highest BCUT2D eigenvalue weighted by atomic mass is 16.2. The second-order valence-electron chi connectivity index (χ2n) is 5.52. The van der Waals surface area contributed by atoms with E-state index in [2.05, 4.69) is 20.6 Å². The van der Waals surface area contributed by atoms with Gasteiger partial charge in [0.2, 0.25) is 17.8 Å². The van der Waals surface area contributed by atoms with Gasteiger partial charge in [0.1, 0.15) is 0 Å². The summed E-state index contributed by atoms with van der Waals surface area (Å²) in [5.41, 5.74) is 2.52. The molecule has 3 N–H and O–H groups in total. The van der Waals surface area contributed by atoms with Gasteiger partial charge in [-0.2, -0.15) is 0 Å². The molecule has 0 spiro atoms. The highest BCUT2D eigenvalue weighted by Crippen LogP contribution is 2.18. The number of nitrogens with one attached hydrogen (secondary N) is 3. The molecule has 0 saturated carbocycles. The summed E-state index contributed by atoms with van der Waals surface area (Å²) in [6.45, 7) is 1.44. The normalized spacial score (nSPS) is 11.9. The van der Waals surface area contributed by atoms with Crippen LogP contribution in [0.4, 0.5) is 5.95 Å². The summed E-state index contributed by atoms with van der Waals surface area (Å²) in [5.74, 6) is -0.00659. The number of benzene rings is 2. The first kappa shape index (κ1) is 15.7. The molecule has 1 aromatic heterocycles. The first-order valence-electron chi connectivity index (χ1n) is 7.68. The number of aromatic nitrogens is 2. The number of anilines is 1. The summed E-state index contributed by atoms with van der Waals surface area (Å²) in [6.07, 6.45) is 0.126. The Hall–Kier alpha value is -3.15. The fourth-order valence-electron chi connectivity index (χ4n) is 2.56. The van der Waals surface area contributed by atoms with E-state index >= 15 is 0 Å². The molecule has 1 unspecified atom stereocenters. The van der Waals surface area contributed by atoms with Gasteiger partial charge in [-0.15, -0.1) is 0 Å². The summed E-state index contributed by atoms with van der Waals surface area (Å²) in [4.78, 5) is 31.1. The van der Waals surface area contributed by atoms with Crippen molar-refractivity contribution in [3.8, 4) is 0 Å². The van der Waals surface area contributed by atoms with E-state index in [4.69, 9.17) is 0 Å². The largest absolute Gasteiger partial charge is 0.349 e. The monoisotopic (exact) mass is 322 g/mol. The molecule has 0 bridgehead atoms. The van der Waals surface area contributed by atoms with Crippen molar-refractivity contribution in [2.24, 2.45) is 0 Å². The zero-order valence-electron chi connectivity index (χ0n) is 13.2. The van der Waals surface area contributed by atoms with Crippen LogP contribution in [0.3, 0.4) is 0 Å². The van der Waals surface area contributed by atoms with Gasteiger partial charge in [-0.3, -0.25) is 14.9 Å². The number of H-pyrrole nitrogens is 1. The van der Waals surface area contributed by atoms with Gasteiger partial charge in [0, 0.05) is 6.92 Å². The molecular formula is C18H18N4O2. The predicted molar refractivity (Wildman–Crippen MR) is 92.3 cm³/mol. The van der Waals surface area contributed by atoms with Crippen LogP contribution in [0.5, 0.6) is 0 Å². The maximum absolute atomic E-state index is 12.3. The molecule has 1 atom stereocenters. The topological polar surface area (TPSA) is 86.9 Å². The number of rotatable bonds is 5. The van der Waals surface area contributed by atoms with E-state index < -0.39 is 0 Å². The van der Waals surface area contributed by atoms with Gasteiger partial charge in [0.15, 0.2) is 0 Å². The summed E-state index contributed by atoms with van der Waals surface area (Å²) in [5, 5.41) is 5.56. The molecule has 0 aliphatic heterocycles. The lowest BCUT2D eigenvalue weighted by Crippen LogP contribution is -2.29. The molecule has 3 aromatic rings. The predicted octanol–water partition coefficient (Wildman–Crippen LogP) is 2.77. The number of fused-ring (bicyclic) bond motifs is 1. The van der Waals surface area contributed by atoms with Crippen molar-refractivity contribution in [3.05, 3.63) is 60.2 Å². The van der Waals surface area contributed by atoms with Crippen molar-refractivity contribution in [2.45, 2.75) is 19.4 Å². The standard InChI is InChI=1S/C18H18N4O2/c1-12(23)19-16(13-7-3-2-4-8-13)11-17(24)22-18-20-14-9-5-6-10-15(14)21-18/h2-10,16H,11H2,1H3,(H,19,23)(H2,20,21,22,24). The second-order valence-corrected chi connectivity index (χ2v) is 5.52. The van der Waals surface area contributed by atoms with E-state index in [1.807, 2.05) is 54.6 Å². The molecule has 6 heteroatoms. The number of imidazole rings is 1. The van der Waals surface area contributed by atoms with Crippen molar-refractivity contribution in [2.75, 3.05) is 5.32 Å². The van der Waals surface area contributed by atoms with E-state index in [9.17, 15) is 9.59 Å². The van der Waals surface area contributed by atoms with Crippen LogP contribution in [-0.2, 0) is 9.59 Å². The molecule has 3 rings (SSSR count). The average Bonchev–Trinajstić information content (AvgIpc) is 2.96. The van der Waals surface area contributed by atoms with E-state index in [1.54, 1.807) is 0 Å². The Balaban J connectivity index is 1.72. The van der Waals surface area contributed by atoms with E-state index in [0.29, 0.717) is 5.95 Å². The van der Waals surface area contributed by atoms with Crippen LogP contribution in [0.1, 0.15) is 24.9 Å². The van der Waals surface area contributed by atoms with Crippen LogP contribution in [0, 0.1) is 0 Å². The second kappa shape index (κ2) is 6.95. The number of aromatic amines is 1. The quantitative estimate of drug-likeness (QED) is 0.675. The van der Waals surface area contributed by atoms with Gasteiger partial charge >= 0.3 is 0 Å². The molecular weight excluding hydrogens is 304 g/mol. The third-order valence-electron chi connectivity index (χ3n) is 3.62. The van der Waals surface area contributed by atoms with Crippen molar-refractivity contribution >= 4 is 28.8 Å². The van der Waals surface area contributed by atoms with Crippen molar-refractivity contribution in [1.82, 2.24) is 15.3 Å². The molecule has 6 nitrogen and oxygen atoms in total. The van der Waals surface area contributed by atoms with Gasteiger partial charge in [0.05, 0.1) is 23.5 Å². The summed E-state index contributed by atoms with van der Waals surface area (Å²) in [7, 11) is 0. The lowest BCUT2D eigenvalue weighted by molar-refractivity contribution is -0.120. The molecule has 2 amide bonds. The number of hydrogen-bond acceptors (Lipinski definition) is 3. The zero-order valence-corrected chi connectivity index (χ0v) is 13.2. The van der Waals surface area contributed by atoms with Crippen LogP contribution in [-0.4, -0.2) is 21.8 Å². The molecule has 1 heterocycles. The molecule has 0 aliphatic carbocycles. The Kier molecular flexibility index (Phi) is 4.56. The van der Waals surface area contributed by atoms with Gasteiger partial charge in [0.25, 0.3) is 0 Å². The fraction of sp³-hybridized carbons (Fsp3) is 0.167. The molecule has 0 saturated heterocycles. The van der Waals surface area contributed by atoms with Crippen molar-refractivity contribution in [1.29, 1.82) is 0 Å². The van der Waals surface area contributed by atoms with E-state index in [0.717, 1.165) is 16.6 Å². The maximum atomic E-state index is 12.3. The highest BCUT2D eigenvalue weighted by molar-refractivity contribution is 5.91. The Labute approximate surface area is 139 Å². The fourth-order valence-corrected chi connectivity index (χ4v) is 2.56. The Bertz CT molecular complexity index is 825. The van der Waals surface area contributed by atoms with E-state index in [1.165, 1.54) is 6.92 Å². The van der Waals surface area contributed by atoms with Crippen LogP contribution in [0.25, 0.3) is 11.0 Å². The van der Waals surface area contributed by atoms with Crippen molar-refractivity contribution in [3.63, 3.8) is 0 Å². The van der Waals surface area contributed by atoms with E-state index in [-0.39, 0.29) is 24.3 Å². The third-order valence-corrected chi connectivity index (χ3v) is 3.62. The Morgan fingerprint density at radius 2 is 1.79 bits per heavy atom. The molecule has 24 heavy (non-hydrogen) atoms. The first-order chi connectivity index (χ1) is 11.6. The minimum atomic E-state index is -0.381. The van der Waals surface area contributed by atoms with Crippen LogP contribution >= 0.6 is 0 Å². The molecule has 0 fully saturated rings. The summed E-state index contributed by atoms with van der Waals surface area (Å²) in [6, 6.07) is 16.6. The van der Waals surface area contributed by atoms with Crippen molar-refractivity contribution < 1.29 is 9.59 Å². The molecule has 0 radical (unpaired) electrons. The first-order valence-corrected chi connectivity index (χ1v) is 7.68. The number of para-hydroxylation sites is 2. The number of amides is 2. The lowest BCUT2D eigenvalue weighted by atomic mass is 10.0. The SMILES string of the molecule is CC(=O)NC(CC(=O)Nc1nc2ccccc2[nH]1)c1ccccc1. The minimum Gasteiger partial charge on any atom is -0.349 e. The van der Waals surface area contributed by atoms with Gasteiger partial charge < -0.3 is 10.3 Å². The zero-order chi connectivity index (χ0) is 16.9. The minimum absolute atomic E-state index is 0.126. The Morgan fingerprint density at radius 1 is 1.08 bits per heavy atom. The number of carbonyl (C=O) groups excluding carboxylic acids is 2.